The van der Waals surface area contributed by atoms with Crippen molar-refractivity contribution in [2.75, 3.05) is 13.2 Å². The molecule has 6 aliphatic rings. The molecule has 0 radical (unpaired) electrons. The predicted octanol–water partition coefficient (Wildman–Crippen LogP) is 3.86. The topological polar surface area (TPSA) is 140 Å². The Hall–Kier alpha value is -0.840. The van der Waals surface area contributed by atoms with Crippen LogP contribution in [0.25, 0.3) is 0 Å². The minimum atomic E-state index is -1.38. The fourth-order valence-electron chi connectivity index (χ4n) is 11.6. The Bertz CT molecular complexity index is 1200. The van der Waals surface area contributed by atoms with Gasteiger partial charge < -0.3 is 40.1 Å². The van der Waals surface area contributed by atoms with Gasteiger partial charge in [0.05, 0.1) is 31.5 Å². The van der Waals surface area contributed by atoms with Crippen LogP contribution in [-0.4, -0.2) is 86.8 Å². The van der Waals surface area contributed by atoms with Gasteiger partial charge in [0.2, 0.25) is 0 Å². The van der Waals surface area contributed by atoms with Gasteiger partial charge in [0.15, 0.2) is 6.29 Å². The Balaban J connectivity index is 1.36. The van der Waals surface area contributed by atoms with E-state index in [0.29, 0.717) is 12.8 Å². The Morgan fingerprint density at radius 2 is 1.57 bits per heavy atom. The van der Waals surface area contributed by atoms with Gasteiger partial charge in [0.25, 0.3) is 0 Å². The highest BCUT2D eigenvalue weighted by atomic mass is 16.7. The van der Waals surface area contributed by atoms with Crippen molar-refractivity contribution in [2.24, 2.45) is 44.3 Å². The molecule has 0 aromatic rings. The van der Waals surface area contributed by atoms with Gasteiger partial charge in [-0.25, -0.2) is 0 Å². The molecule has 14 atom stereocenters. The van der Waals surface area contributed by atoms with Crippen molar-refractivity contribution in [1.29, 1.82) is 0 Å². The maximum atomic E-state index is 11.9. The minimum Gasteiger partial charge on any atom is -0.396 e. The molecular formula is C36H58O8. The van der Waals surface area contributed by atoms with E-state index in [1.807, 2.05) is 0 Å². The van der Waals surface area contributed by atoms with Gasteiger partial charge in [-0.1, -0.05) is 59.3 Å². The Labute approximate surface area is 263 Å². The quantitative estimate of drug-likeness (QED) is 0.261. The van der Waals surface area contributed by atoms with Crippen LogP contribution in [0, 0.1) is 44.3 Å². The second-order valence-corrected chi connectivity index (χ2v) is 17.5. The number of hydrogen-bond acceptors (Lipinski definition) is 8. The Kier molecular flexibility index (Phi) is 7.95. The van der Waals surface area contributed by atoms with E-state index in [4.69, 9.17) is 9.47 Å². The average molecular weight is 619 g/mol. The zero-order valence-electron chi connectivity index (χ0n) is 27.9. The zero-order chi connectivity index (χ0) is 32.3. The molecule has 250 valence electrons. The van der Waals surface area contributed by atoms with E-state index < -0.39 is 53.7 Å². The molecule has 3 saturated carbocycles. The average Bonchev–Trinajstić information content (AvgIpc) is 2.96. The summed E-state index contributed by atoms with van der Waals surface area (Å²) in [6.07, 6.45) is 4.77. The zero-order valence-corrected chi connectivity index (χ0v) is 27.9. The van der Waals surface area contributed by atoms with Crippen LogP contribution in [0.4, 0.5) is 0 Å². The number of rotatable bonds is 4. The van der Waals surface area contributed by atoms with Gasteiger partial charge in [0, 0.05) is 16.2 Å². The molecule has 0 amide bonds. The van der Waals surface area contributed by atoms with Gasteiger partial charge in [-0.15, -0.1) is 0 Å². The van der Waals surface area contributed by atoms with Gasteiger partial charge >= 0.3 is 0 Å². The van der Waals surface area contributed by atoms with Crippen molar-refractivity contribution >= 4 is 0 Å². The molecule has 0 spiro atoms. The van der Waals surface area contributed by atoms with Crippen LogP contribution in [0.1, 0.15) is 99.8 Å². The standard InChI is InChI=1S/C36H58O8/c1-20-27(40)28(41)29(42)30(43-20)44-26-11-12-32(4)23(33(26,5)18-37)10-13-34(6)24(32)9-8-21-22-16-31(2,3)14-15-36(22,19-38)25(39)17-35(21,34)7/h8-9,20,23-30,37-42H,10-19H2,1-7H3/t20-,23-,24-,25+,26+,27+,28+,29-,30+,32+,33+,34-,35-,36-/m1/s1. The molecule has 0 unspecified atom stereocenters. The van der Waals surface area contributed by atoms with Crippen LogP contribution >= 0.6 is 0 Å². The molecule has 1 aliphatic heterocycles. The predicted molar refractivity (Wildman–Crippen MR) is 166 cm³/mol. The first-order chi connectivity index (χ1) is 20.4. The van der Waals surface area contributed by atoms with Gasteiger partial charge in [-0.05, 0) is 91.9 Å². The molecule has 8 nitrogen and oxygen atoms in total. The van der Waals surface area contributed by atoms with Crippen molar-refractivity contribution in [2.45, 2.75) is 143 Å². The number of aliphatic hydroxyl groups is 6. The van der Waals surface area contributed by atoms with Gasteiger partial charge in [-0.2, -0.15) is 0 Å². The molecule has 4 fully saturated rings. The summed E-state index contributed by atoms with van der Waals surface area (Å²) in [4.78, 5) is 0. The van der Waals surface area contributed by atoms with Crippen LogP contribution in [0.5, 0.6) is 0 Å². The molecule has 6 rings (SSSR count). The molecule has 44 heavy (non-hydrogen) atoms. The maximum absolute atomic E-state index is 11.9. The molecule has 6 N–H and O–H groups in total. The van der Waals surface area contributed by atoms with E-state index in [0.717, 1.165) is 38.5 Å². The second kappa shape index (κ2) is 10.6. The third-order valence-corrected chi connectivity index (χ3v) is 14.7. The van der Waals surface area contributed by atoms with Crippen LogP contribution < -0.4 is 0 Å². The smallest absolute Gasteiger partial charge is 0.186 e. The summed E-state index contributed by atoms with van der Waals surface area (Å²) in [5.74, 6) is 0.348. The highest BCUT2D eigenvalue weighted by molar-refractivity contribution is 5.47. The summed E-state index contributed by atoms with van der Waals surface area (Å²) in [7, 11) is 0. The molecule has 1 heterocycles. The van der Waals surface area contributed by atoms with Crippen molar-refractivity contribution < 1.29 is 40.1 Å². The lowest BCUT2D eigenvalue weighted by Gasteiger charge is -2.70. The fraction of sp³-hybridized carbons (Fsp3) is 0.889. The number of fused-ring (bicyclic) bond motifs is 6. The second-order valence-electron chi connectivity index (χ2n) is 17.5. The third-order valence-electron chi connectivity index (χ3n) is 14.7. The molecule has 1 saturated heterocycles. The lowest BCUT2D eigenvalue weighted by Crippen LogP contribution is -2.66. The first kappa shape index (κ1) is 33.1. The van der Waals surface area contributed by atoms with E-state index in [1.54, 1.807) is 6.92 Å². The lowest BCUT2D eigenvalue weighted by molar-refractivity contribution is -0.327. The Morgan fingerprint density at radius 1 is 0.864 bits per heavy atom. The Morgan fingerprint density at radius 3 is 2.23 bits per heavy atom. The number of aliphatic hydroxyl groups excluding tert-OH is 6. The number of hydrogen-bond donors (Lipinski definition) is 6. The SMILES string of the molecule is C[C@H]1O[C@@H](O[C@H]2CC[C@@]3(C)[C@@H](CC[C@]4(C)[C@@H]3C=CC3=C5CC(C)(C)CC[C@]5(CO)[C@@H](O)C[C@]34C)[C@]2(C)CO)[C@H](O)[C@@H](O)[C@H]1O. The van der Waals surface area contributed by atoms with E-state index >= 15 is 0 Å². The minimum absolute atomic E-state index is 0.0165. The van der Waals surface area contributed by atoms with Gasteiger partial charge in [-0.3, -0.25) is 0 Å². The normalized spacial score (nSPS) is 55.1. The molecule has 5 aliphatic carbocycles. The highest BCUT2D eigenvalue weighted by Gasteiger charge is 2.69. The van der Waals surface area contributed by atoms with Crippen molar-refractivity contribution in [3.8, 4) is 0 Å². The molecular weight excluding hydrogens is 560 g/mol. The summed E-state index contributed by atoms with van der Waals surface area (Å²) >= 11 is 0. The van der Waals surface area contributed by atoms with Gasteiger partial charge in [0.1, 0.15) is 18.3 Å². The molecule has 8 heteroatoms. The summed E-state index contributed by atoms with van der Waals surface area (Å²) < 4.78 is 12.3. The summed E-state index contributed by atoms with van der Waals surface area (Å²) in [5, 5.41) is 65.0. The monoisotopic (exact) mass is 618 g/mol. The number of allylic oxidation sites excluding steroid dienone is 3. The largest absolute Gasteiger partial charge is 0.396 e. The van der Waals surface area contributed by atoms with Crippen LogP contribution in [-0.2, 0) is 9.47 Å². The van der Waals surface area contributed by atoms with Crippen LogP contribution in [0.15, 0.2) is 23.3 Å². The fourth-order valence-corrected chi connectivity index (χ4v) is 11.6. The van der Waals surface area contributed by atoms with E-state index in [-0.39, 0.29) is 46.7 Å². The van der Waals surface area contributed by atoms with Crippen molar-refractivity contribution in [3.63, 3.8) is 0 Å². The van der Waals surface area contributed by atoms with E-state index in [2.05, 4.69) is 53.7 Å². The maximum Gasteiger partial charge on any atom is 0.186 e. The van der Waals surface area contributed by atoms with Crippen molar-refractivity contribution in [1.82, 2.24) is 0 Å². The first-order valence-corrected chi connectivity index (χ1v) is 17.1. The van der Waals surface area contributed by atoms with Crippen molar-refractivity contribution in [3.05, 3.63) is 23.3 Å². The molecule has 0 aromatic heterocycles. The summed E-state index contributed by atoms with van der Waals surface area (Å²) in [6.45, 7) is 15.4. The van der Waals surface area contributed by atoms with Crippen LogP contribution in [0.2, 0.25) is 0 Å². The molecule has 0 bridgehead atoms. The van der Waals surface area contributed by atoms with E-state index in [9.17, 15) is 30.6 Å². The highest BCUT2D eigenvalue weighted by Crippen LogP contribution is 2.74. The number of ether oxygens (including phenoxy) is 2. The molecule has 0 aromatic carbocycles. The third kappa shape index (κ3) is 4.31. The van der Waals surface area contributed by atoms with Crippen LogP contribution in [0.3, 0.4) is 0 Å². The summed E-state index contributed by atoms with van der Waals surface area (Å²) in [5.41, 5.74) is 1.04. The summed E-state index contributed by atoms with van der Waals surface area (Å²) in [6, 6.07) is 0. The lowest BCUT2D eigenvalue weighted by atomic mass is 9.35. The first-order valence-electron chi connectivity index (χ1n) is 17.1. The van der Waals surface area contributed by atoms with E-state index in [1.165, 1.54) is 11.1 Å².